The number of amides is 1. The second-order valence-corrected chi connectivity index (χ2v) is 4.72. The standard InChI is InChI=1S/C10H16N2O2S/c1-2-8-6-12(4-3-5-14-8)10-11-9(13)7-15-10/h8H,2-7H2,1H3. The fraction of sp³-hybridized carbons (Fsp3) is 0.800. The van der Waals surface area contributed by atoms with E-state index < -0.39 is 0 Å². The quantitative estimate of drug-likeness (QED) is 0.674. The smallest absolute Gasteiger partial charge is 0.258 e. The van der Waals surface area contributed by atoms with Crippen LogP contribution in [0.25, 0.3) is 0 Å². The highest BCUT2D eigenvalue weighted by atomic mass is 32.2. The fourth-order valence-electron chi connectivity index (χ4n) is 1.78. The summed E-state index contributed by atoms with van der Waals surface area (Å²) in [5.41, 5.74) is 0. The Morgan fingerprint density at radius 2 is 2.53 bits per heavy atom. The van der Waals surface area contributed by atoms with Gasteiger partial charge in [0.2, 0.25) is 0 Å². The Hall–Kier alpha value is -0.550. The van der Waals surface area contributed by atoms with E-state index in [-0.39, 0.29) is 12.0 Å². The SMILES string of the molecule is CCC1CN(C2=NC(=O)CS2)CCCO1. The van der Waals surface area contributed by atoms with Crippen molar-refractivity contribution in [2.24, 2.45) is 4.99 Å². The number of aliphatic imine (C=N–C) groups is 1. The first kappa shape index (κ1) is 11.0. The van der Waals surface area contributed by atoms with E-state index in [1.54, 1.807) is 11.8 Å². The highest BCUT2D eigenvalue weighted by Crippen LogP contribution is 2.19. The van der Waals surface area contributed by atoms with E-state index in [2.05, 4.69) is 16.8 Å². The van der Waals surface area contributed by atoms with Crippen LogP contribution >= 0.6 is 11.8 Å². The topological polar surface area (TPSA) is 41.9 Å². The third kappa shape index (κ3) is 2.72. The van der Waals surface area contributed by atoms with E-state index in [0.29, 0.717) is 5.75 Å². The summed E-state index contributed by atoms with van der Waals surface area (Å²) in [4.78, 5) is 17.3. The molecule has 1 fully saturated rings. The number of carbonyl (C=O) groups excluding carboxylic acids is 1. The molecule has 1 atom stereocenters. The van der Waals surface area contributed by atoms with E-state index in [0.717, 1.165) is 37.7 Å². The van der Waals surface area contributed by atoms with E-state index in [9.17, 15) is 4.79 Å². The summed E-state index contributed by atoms with van der Waals surface area (Å²) in [7, 11) is 0. The average molecular weight is 228 g/mol. The van der Waals surface area contributed by atoms with Crippen LogP contribution in [-0.2, 0) is 9.53 Å². The second kappa shape index (κ2) is 4.99. The van der Waals surface area contributed by atoms with Crippen molar-refractivity contribution in [2.75, 3.05) is 25.4 Å². The minimum absolute atomic E-state index is 0.00628. The Labute approximate surface area is 94.1 Å². The van der Waals surface area contributed by atoms with Gasteiger partial charge in [0.25, 0.3) is 5.91 Å². The normalized spacial score (nSPS) is 27.8. The first-order valence-corrected chi connectivity index (χ1v) is 6.39. The molecule has 4 nitrogen and oxygen atoms in total. The van der Waals surface area contributed by atoms with Crippen molar-refractivity contribution in [1.29, 1.82) is 0 Å². The molecule has 0 aliphatic carbocycles. The lowest BCUT2D eigenvalue weighted by Crippen LogP contribution is -2.34. The van der Waals surface area contributed by atoms with E-state index >= 15 is 0 Å². The number of hydrogen-bond acceptors (Lipinski definition) is 4. The maximum Gasteiger partial charge on any atom is 0.258 e. The molecule has 0 saturated carbocycles. The molecule has 15 heavy (non-hydrogen) atoms. The molecule has 0 radical (unpaired) electrons. The summed E-state index contributed by atoms with van der Waals surface area (Å²) >= 11 is 1.55. The zero-order valence-corrected chi connectivity index (χ0v) is 9.76. The van der Waals surface area contributed by atoms with Crippen LogP contribution in [-0.4, -0.2) is 47.5 Å². The number of amidine groups is 1. The molecule has 0 bridgehead atoms. The largest absolute Gasteiger partial charge is 0.376 e. The van der Waals surface area contributed by atoms with Gasteiger partial charge in [0.1, 0.15) is 0 Å². The van der Waals surface area contributed by atoms with E-state index in [1.165, 1.54) is 0 Å². The molecular formula is C10H16N2O2S. The molecule has 0 spiro atoms. The van der Waals surface area contributed by atoms with Crippen molar-refractivity contribution in [3.8, 4) is 0 Å². The highest BCUT2D eigenvalue weighted by molar-refractivity contribution is 8.14. The molecule has 5 heteroatoms. The lowest BCUT2D eigenvalue weighted by Gasteiger charge is -2.23. The summed E-state index contributed by atoms with van der Waals surface area (Å²) in [6.07, 6.45) is 2.32. The molecule has 1 amide bonds. The first-order valence-electron chi connectivity index (χ1n) is 5.40. The van der Waals surface area contributed by atoms with Crippen molar-refractivity contribution in [2.45, 2.75) is 25.9 Å². The van der Waals surface area contributed by atoms with Crippen LogP contribution < -0.4 is 0 Å². The van der Waals surface area contributed by atoms with Crippen molar-refractivity contribution in [3.63, 3.8) is 0 Å². The maximum atomic E-state index is 11.1. The number of rotatable bonds is 1. The van der Waals surface area contributed by atoms with Gasteiger partial charge in [-0.2, -0.15) is 4.99 Å². The van der Waals surface area contributed by atoms with E-state index in [1.807, 2.05) is 0 Å². The Bertz CT molecular complexity index is 281. The molecule has 0 aromatic rings. The first-order chi connectivity index (χ1) is 7.29. The zero-order chi connectivity index (χ0) is 10.7. The van der Waals surface area contributed by atoms with Crippen LogP contribution in [0.1, 0.15) is 19.8 Å². The van der Waals surface area contributed by atoms with Gasteiger partial charge >= 0.3 is 0 Å². The van der Waals surface area contributed by atoms with Crippen LogP contribution in [0, 0.1) is 0 Å². The van der Waals surface area contributed by atoms with Crippen molar-refractivity contribution >= 4 is 22.8 Å². The van der Waals surface area contributed by atoms with Crippen LogP contribution in [0.3, 0.4) is 0 Å². The van der Waals surface area contributed by atoms with Crippen LogP contribution in [0.15, 0.2) is 4.99 Å². The lowest BCUT2D eigenvalue weighted by atomic mass is 10.2. The lowest BCUT2D eigenvalue weighted by molar-refractivity contribution is -0.115. The summed E-state index contributed by atoms with van der Waals surface area (Å²) in [6.45, 7) is 4.77. The molecule has 0 aromatic heterocycles. The monoisotopic (exact) mass is 228 g/mol. The summed E-state index contributed by atoms with van der Waals surface area (Å²) in [5, 5.41) is 0.893. The molecule has 0 N–H and O–H groups in total. The second-order valence-electron chi connectivity index (χ2n) is 3.78. The summed E-state index contributed by atoms with van der Waals surface area (Å²) < 4.78 is 5.68. The number of thioether (sulfide) groups is 1. The molecule has 0 aromatic carbocycles. The van der Waals surface area contributed by atoms with Gasteiger partial charge in [-0.15, -0.1) is 0 Å². The predicted molar refractivity (Wildman–Crippen MR) is 61.1 cm³/mol. The molecule has 2 heterocycles. The molecule has 2 rings (SSSR count). The number of carbonyl (C=O) groups is 1. The molecule has 2 aliphatic heterocycles. The molecule has 1 saturated heterocycles. The van der Waals surface area contributed by atoms with Crippen LogP contribution in [0.2, 0.25) is 0 Å². The van der Waals surface area contributed by atoms with Gasteiger partial charge < -0.3 is 9.64 Å². The highest BCUT2D eigenvalue weighted by Gasteiger charge is 2.24. The Balaban J connectivity index is 2.01. The minimum atomic E-state index is -0.00628. The maximum absolute atomic E-state index is 11.1. The number of nitrogens with zero attached hydrogens (tertiary/aromatic N) is 2. The van der Waals surface area contributed by atoms with E-state index in [4.69, 9.17) is 4.74 Å². The summed E-state index contributed by atoms with van der Waals surface area (Å²) in [5.74, 6) is 0.497. The Morgan fingerprint density at radius 3 is 3.20 bits per heavy atom. The fourth-order valence-corrected chi connectivity index (χ4v) is 2.61. The third-order valence-corrected chi connectivity index (χ3v) is 3.62. The van der Waals surface area contributed by atoms with Gasteiger partial charge in [-0.25, -0.2) is 0 Å². The van der Waals surface area contributed by atoms with Crippen molar-refractivity contribution < 1.29 is 9.53 Å². The van der Waals surface area contributed by atoms with Gasteiger partial charge in [0, 0.05) is 19.7 Å². The van der Waals surface area contributed by atoms with Crippen molar-refractivity contribution in [1.82, 2.24) is 4.90 Å². The Kier molecular flexibility index (Phi) is 3.64. The minimum Gasteiger partial charge on any atom is -0.376 e. The van der Waals surface area contributed by atoms with Crippen LogP contribution in [0.5, 0.6) is 0 Å². The Morgan fingerprint density at radius 1 is 1.67 bits per heavy atom. The number of ether oxygens (including phenoxy) is 1. The molecular weight excluding hydrogens is 212 g/mol. The van der Waals surface area contributed by atoms with Crippen LogP contribution in [0.4, 0.5) is 0 Å². The molecule has 1 unspecified atom stereocenters. The van der Waals surface area contributed by atoms with Gasteiger partial charge in [0.15, 0.2) is 5.17 Å². The van der Waals surface area contributed by atoms with Gasteiger partial charge in [-0.1, -0.05) is 18.7 Å². The number of hydrogen-bond donors (Lipinski definition) is 0. The molecule has 84 valence electrons. The summed E-state index contributed by atoms with van der Waals surface area (Å²) in [6, 6.07) is 0. The third-order valence-electron chi connectivity index (χ3n) is 2.62. The predicted octanol–water partition coefficient (Wildman–Crippen LogP) is 1.12. The van der Waals surface area contributed by atoms with Gasteiger partial charge in [0.05, 0.1) is 11.9 Å². The van der Waals surface area contributed by atoms with Gasteiger partial charge in [-0.05, 0) is 12.8 Å². The zero-order valence-electron chi connectivity index (χ0n) is 8.94. The van der Waals surface area contributed by atoms with Crippen molar-refractivity contribution in [3.05, 3.63) is 0 Å². The van der Waals surface area contributed by atoms with Gasteiger partial charge in [-0.3, -0.25) is 4.79 Å². The molecule has 2 aliphatic rings. The average Bonchev–Trinajstić information content (AvgIpc) is 2.54.